The van der Waals surface area contributed by atoms with Crippen LogP contribution in [0.4, 0.5) is 0 Å². The number of hydrogen-bond donors (Lipinski definition) is 1. The van der Waals surface area contributed by atoms with Crippen LogP contribution >= 0.6 is 0 Å². The predicted octanol–water partition coefficient (Wildman–Crippen LogP) is 1.80. The van der Waals surface area contributed by atoms with Gasteiger partial charge in [0.15, 0.2) is 0 Å². The van der Waals surface area contributed by atoms with Gasteiger partial charge in [-0.25, -0.2) is 4.79 Å². The first-order valence-electron chi connectivity index (χ1n) is 4.55. The van der Waals surface area contributed by atoms with Gasteiger partial charge in [0, 0.05) is 11.3 Å². The SMILES string of the molecule is CC(=CCOc1ccc(C)nc1)C(=O)O. The molecule has 4 heteroatoms. The van der Waals surface area contributed by atoms with Crippen molar-refractivity contribution in [1.82, 2.24) is 4.98 Å². The first-order chi connectivity index (χ1) is 7.09. The average molecular weight is 207 g/mol. The van der Waals surface area contributed by atoms with Crippen molar-refractivity contribution in [3.05, 3.63) is 35.7 Å². The number of rotatable bonds is 4. The standard InChI is InChI=1S/C11H13NO3/c1-8(11(13)14)5-6-15-10-4-3-9(2)12-7-10/h3-5,7H,6H2,1-2H3,(H,13,14). The highest BCUT2D eigenvalue weighted by molar-refractivity contribution is 5.85. The number of aliphatic carboxylic acids is 1. The van der Waals surface area contributed by atoms with Crippen LogP contribution in [0.1, 0.15) is 12.6 Å². The minimum atomic E-state index is -0.930. The molecule has 80 valence electrons. The molecule has 1 N–H and O–H groups in total. The molecule has 1 heterocycles. The number of ether oxygens (including phenoxy) is 1. The molecule has 0 aliphatic rings. The van der Waals surface area contributed by atoms with Gasteiger partial charge in [0.1, 0.15) is 12.4 Å². The third-order valence-corrected chi connectivity index (χ3v) is 1.86. The molecule has 0 atom stereocenters. The molecule has 1 aromatic heterocycles. The van der Waals surface area contributed by atoms with Crippen LogP contribution in [-0.4, -0.2) is 22.7 Å². The maximum Gasteiger partial charge on any atom is 0.331 e. The maximum atomic E-state index is 10.5. The van der Waals surface area contributed by atoms with Crippen molar-refractivity contribution in [3.63, 3.8) is 0 Å². The Morgan fingerprint density at radius 1 is 1.60 bits per heavy atom. The van der Waals surface area contributed by atoms with Crippen LogP contribution in [0.3, 0.4) is 0 Å². The minimum Gasteiger partial charge on any atom is -0.488 e. The molecule has 0 aliphatic heterocycles. The number of carbonyl (C=O) groups is 1. The van der Waals surface area contributed by atoms with Gasteiger partial charge in [-0.15, -0.1) is 0 Å². The molecule has 0 fully saturated rings. The van der Waals surface area contributed by atoms with Crippen molar-refractivity contribution in [2.24, 2.45) is 0 Å². The quantitative estimate of drug-likeness (QED) is 0.765. The van der Waals surface area contributed by atoms with E-state index in [0.29, 0.717) is 5.75 Å². The zero-order chi connectivity index (χ0) is 11.3. The van der Waals surface area contributed by atoms with Crippen molar-refractivity contribution in [2.75, 3.05) is 6.61 Å². The van der Waals surface area contributed by atoms with Crippen LogP contribution in [-0.2, 0) is 4.79 Å². The number of carboxylic acid groups (broad SMARTS) is 1. The van der Waals surface area contributed by atoms with Crippen LogP contribution in [0.2, 0.25) is 0 Å². The lowest BCUT2D eigenvalue weighted by Gasteiger charge is -2.02. The third kappa shape index (κ3) is 3.81. The number of carboxylic acids is 1. The largest absolute Gasteiger partial charge is 0.488 e. The van der Waals surface area contributed by atoms with E-state index in [1.807, 2.05) is 13.0 Å². The van der Waals surface area contributed by atoms with Crippen molar-refractivity contribution in [1.29, 1.82) is 0 Å². The summed E-state index contributed by atoms with van der Waals surface area (Å²) < 4.78 is 5.28. The van der Waals surface area contributed by atoms with Gasteiger partial charge in [0.2, 0.25) is 0 Å². The Hall–Kier alpha value is -1.84. The van der Waals surface area contributed by atoms with Gasteiger partial charge in [-0.05, 0) is 32.1 Å². The average Bonchev–Trinajstić information content (AvgIpc) is 2.20. The second kappa shape index (κ2) is 5.14. The first-order valence-corrected chi connectivity index (χ1v) is 4.55. The molecular weight excluding hydrogens is 194 g/mol. The molecule has 4 nitrogen and oxygen atoms in total. The van der Waals surface area contributed by atoms with Crippen molar-refractivity contribution in [2.45, 2.75) is 13.8 Å². The van der Waals surface area contributed by atoms with Crippen molar-refractivity contribution >= 4 is 5.97 Å². The smallest absolute Gasteiger partial charge is 0.331 e. The normalized spacial score (nSPS) is 11.2. The highest BCUT2D eigenvalue weighted by atomic mass is 16.5. The molecule has 15 heavy (non-hydrogen) atoms. The molecule has 0 aliphatic carbocycles. The molecule has 0 saturated heterocycles. The lowest BCUT2D eigenvalue weighted by Crippen LogP contribution is -2.00. The Morgan fingerprint density at radius 3 is 2.87 bits per heavy atom. The van der Waals surface area contributed by atoms with Crippen LogP contribution in [0.25, 0.3) is 0 Å². The highest BCUT2D eigenvalue weighted by Crippen LogP contribution is 2.08. The molecule has 0 aromatic carbocycles. The van der Waals surface area contributed by atoms with E-state index in [4.69, 9.17) is 9.84 Å². The molecule has 0 amide bonds. The molecular formula is C11H13NO3. The summed E-state index contributed by atoms with van der Waals surface area (Å²) in [5.41, 5.74) is 1.19. The molecule has 1 aromatic rings. The fourth-order valence-corrected chi connectivity index (χ4v) is 0.890. The molecule has 0 spiro atoms. The second-order valence-corrected chi connectivity index (χ2v) is 3.14. The van der Waals surface area contributed by atoms with Gasteiger partial charge in [-0.1, -0.05) is 0 Å². The number of pyridine rings is 1. The van der Waals surface area contributed by atoms with E-state index in [1.165, 1.54) is 13.0 Å². The van der Waals surface area contributed by atoms with E-state index in [0.717, 1.165) is 5.69 Å². The van der Waals surface area contributed by atoms with E-state index >= 15 is 0 Å². The van der Waals surface area contributed by atoms with Gasteiger partial charge in [0.05, 0.1) is 6.20 Å². The zero-order valence-electron chi connectivity index (χ0n) is 8.73. The molecule has 0 saturated carbocycles. The highest BCUT2D eigenvalue weighted by Gasteiger charge is 1.98. The lowest BCUT2D eigenvalue weighted by atomic mass is 10.3. The van der Waals surface area contributed by atoms with Gasteiger partial charge < -0.3 is 9.84 Å². The van der Waals surface area contributed by atoms with Gasteiger partial charge >= 0.3 is 5.97 Å². The van der Waals surface area contributed by atoms with Crippen LogP contribution in [0.5, 0.6) is 5.75 Å². The summed E-state index contributed by atoms with van der Waals surface area (Å²) >= 11 is 0. The number of aromatic nitrogens is 1. The molecule has 0 unspecified atom stereocenters. The Kier molecular flexibility index (Phi) is 3.85. The van der Waals surface area contributed by atoms with E-state index < -0.39 is 5.97 Å². The Morgan fingerprint density at radius 2 is 2.33 bits per heavy atom. The number of hydrogen-bond acceptors (Lipinski definition) is 3. The molecule has 0 bridgehead atoms. The summed E-state index contributed by atoms with van der Waals surface area (Å²) in [4.78, 5) is 14.5. The Balaban J connectivity index is 2.48. The topological polar surface area (TPSA) is 59.4 Å². The fraction of sp³-hybridized carbons (Fsp3) is 0.273. The van der Waals surface area contributed by atoms with Crippen LogP contribution in [0.15, 0.2) is 30.0 Å². The fourth-order valence-electron chi connectivity index (χ4n) is 0.890. The summed E-state index contributed by atoms with van der Waals surface area (Å²) in [6.07, 6.45) is 3.13. The van der Waals surface area contributed by atoms with Crippen LogP contribution in [0, 0.1) is 6.92 Å². The maximum absolute atomic E-state index is 10.5. The van der Waals surface area contributed by atoms with Crippen molar-refractivity contribution in [3.8, 4) is 5.75 Å². The summed E-state index contributed by atoms with van der Waals surface area (Å²) in [5, 5.41) is 8.58. The van der Waals surface area contributed by atoms with E-state index in [2.05, 4.69) is 4.98 Å². The summed E-state index contributed by atoms with van der Waals surface area (Å²) in [7, 11) is 0. The van der Waals surface area contributed by atoms with Gasteiger partial charge in [0.25, 0.3) is 0 Å². The van der Waals surface area contributed by atoms with Crippen molar-refractivity contribution < 1.29 is 14.6 Å². The van der Waals surface area contributed by atoms with E-state index in [1.54, 1.807) is 12.3 Å². The summed E-state index contributed by atoms with van der Waals surface area (Å²) in [5.74, 6) is -0.296. The third-order valence-electron chi connectivity index (χ3n) is 1.86. The summed E-state index contributed by atoms with van der Waals surface area (Å²) in [6, 6.07) is 3.63. The minimum absolute atomic E-state index is 0.239. The number of aryl methyl sites for hydroxylation is 1. The lowest BCUT2D eigenvalue weighted by molar-refractivity contribution is -0.132. The van der Waals surface area contributed by atoms with E-state index in [9.17, 15) is 4.79 Å². The monoisotopic (exact) mass is 207 g/mol. The Labute approximate surface area is 88.2 Å². The second-order valence-electron chi connectivity index (χ2n) is 3.14. The zero-order valence-corrected chi connectivity index (χ0v) is 8.73. The van der Waals surface area contributed by atoms with Crippen LogP contribution < -0.4 is 4.74 Å². The summed E-state index contributed by atoms with van der Waals surface area (Å²) in [6.45, 7) is 3.65. The first kappa shape index (κ1) is 11.2. The van der Waals surface area contributed by atoms with E-state index in [-0.39, 0.29) is 12.2 Å². The molecule has 0 radical (unpaired) electrons. The van der Waals surface area contributed by atoms with Gasteiger partial charge in [-0.2, -0.15) is 0 Å². The molecule has 1 rings (SSSR count). The predicted molar refractivity (Wildman–Crippen MR) is 55.9 cm³/mol. The Bertz CT molecular complexity index is 368. The van der Waals surface area contributed by atoms with Gasteiger partial charge in [-0.3, -0.25) is 4.98 Å². The number of nitrogens with zero attached hydrogens (tertiary/aromatic N) is 1.